The Morgan fingerprint density at radius 3 is 1.59 bits per heavy atom. The van der Waals surface area contributed by atoms with Crippen LogP contribution in [-0.2, 0) is 28.7 Å². The molecule has 0 amide bonds. The van der Waals surface area contributed by atoms with Crippen molar-refractivity contribution < 1.29 is 28.7 Å². The normalized spacial score (nSPS) is 19.6. The molecule has 0 aliphatic heterocycles. The predicted octanol–water partition coefficient (Wildman–Crippen LogP) is 1.84. The number of ether oxygens (including phenoxy) is 2. The number of esters is 2. The first-order valence-electron chi connectivity index (χ1n) is 7.54. The summed E-state index contributed by atoms with van der Waals surface area (Å²) in [5.74, 6) is -2.05. The average Bonchev–Trinajstić information content (AvgIpc) is 2.35. The Hall–Kier alpha value is -1.72. The minimum absolute atomic E-state index is 0.150. The Morgan fingerprint density at radius 1 is 0.909 bits per heavy atom. The monoisotopic (exact) mass is 312 g/mol. The van der Waals surface area contributed by atoms with Crippen molar-refractivity contribution in [1.29, 1.82) is 0 Å². The molecule has 0 aromatic carbocycles. The van der Waals surface area contributed by atoms with Gasteiger partial charge in [-0.1, -0.05) is 13.8 Å². The van der Waals surface area contributed by atoms with Gasteiger partial charge in [0.15, 0.2) is 0 Å². The molecule has 1 aliphatic rings. The molecule has 0 N–H and O–H groups in total. The minimum atomic E-state index is -1.63. The highest BCUT2D eigenvalue weighted by atomic mass is 16.5. The molecule has 1 saturated carbocycles. The fourth-order valence-corrected chi connectivity index (χ4v) is 2.80. The number of Topliss-reactive ketones (excluding diaryl/α,β-unsaturated/α-hetero) is 2. The van der Waals surface area contributed by atoms with E-state index in [9.17, 15) is 19.2 Å². The third kappa shape index (κ3) is 4.15. The fraction of sp³-hybridized carbons (Fsp3) is 0.750. The third-order valence-corrected chi connectivity index (χ3v) is 3.85. The molecule has 0 radical (unpaired) electrons. The van der Waals surface area contributed by atoms with Gasteiger partial charge in [-0.05, 0) is 19.3 Å². The highest BCUT2D eigenvalue weighted by Crippen LogP contribution is 2.44. The summed E-state index contributed by atoms with van der Waals surface area (Å²) in [6.45, 7) is 7.24. The van der Waals surface area contributed by atoms with Crippen LogP contribution in [0.3, 0.4) is 0 Å². The average molecular weight is 312 g/mol. The summed E-state index contributed by atoms with van der Waals surface area (Å²) < 4.78 is 9.73. The first-order chi connectivity index (χ1) is 10.2. The molecule has 1 fully saturated rings. The fourth-order valence-electron chi connectivity index (χ4n) is 2.80. The lowest BCUT2D eigenvalue weighted by Gasteiger charge is -2.39. The Bertz CT molecular complexity index is 435. The second-order valence-electron chi connectivity index (χ2n) is 6.41. The van der Waals surface area contributed by atoms with Crippen molar-refractivity contribution in [2.24, 2.45) is 10.8 Å². The lowest BCUT2D eigenvalue weighted by molar-refractivity contribution is -0.164. The van der Waals surface area contributed by atoms with E-state index in [-0.39, 0.29) is 37.6 Å². The second kappa shape index (κ2) is 7.03. The second-order valence-corrected chi connectivity index (χ2v) is 6.41. The summed E-state index contributed by atoms with van der Waals surface area (Å²) in [5.41, 5.74) is -2.09. The van der Waals surface area contributed by atoms with Crippen molar-refractivity contribution in [3.05, 3.63) is 0 Å². The zero-order valence-corrected chi connectivity index (χ0v) is 13.7. The van der Waals surface area contributed by atoms with E-state index >= 15 is 0 Å². The van der Waals surface area contributed by atoms with Crippen LogP contribution in [0.5, 0.6) is 0 Å². The molecule has 0 atom stereocenters. The van der Waals surface area contributed by atoms with Crippen LogP contribution in [0.25, 0.3) is 0 Å². The smallest absolute Gasteiger partial charge is 0.307 e. The molecule has 124 valence electrons. The van der Waals surface area contributed by atoms with E-state index < -0.39 is 35.6 Å². The van der Waals surface area contributed by atoms with Gasteiger partial charge in [-0.3, -0.25) is 19.2 Å². The molecular formula is C16H24O6. The summed E-state index contributed by atoms with van der Waals surface area (Å²) in [5, 5.41) is 0. The molecule has 1 aliphatic carbocycles. The standard InChI is InChI=1S/C16H24O6/c1-5-21-13(19)9-16(10-14(20)22-6-2)11(17)7-15(3,4)8-12(16)18/h5-10H2,1-4H3. The van der Waals surface area contributed by atoms with E-state index in [0.717, 1.165) is 0 Å². The van der Waals surface area contributed by atoms with Gasteiger partial charge in [0.1, 0.15) is 17.0 Å². The summed E-state index contributed by atoms with van der Waals surface area (Å²) in [6.07, 6.45) is -0.490. The van der Waals surface area contributed by atoms with Crippen molar-refractivity contribution in [2.75, 3.05) is 13.2 Å². The lowest BCUT2D eigenvalue weighted by atomic mass is 9.61. The van der Waals surface area contributed by atoms with Gasteiger partial charge in [-0.2, -0.15) is 0 Å². The van der Waals surface area contributed by atoms with Crippen LogP contribution in [0, 0.1) is 10.8 Å². The molecule has 0 aromatic rings. The van der Waals surface area contributed by atoms with Gasteiger partial charge in [0, 0.05) is 12.8 Å². The van der Waals surface area contributed by atoms with Crippen LogP contribution in [-0.4, -0.2) is 36.7 Å². The highest BCUT2D eigenvalue weighted by molar-refractivity contribution is 6.13. The summed E-state index contributed by atoms with van der Waals surface area (Å²) in [4.78, 5) is 48.8. The van der Waals surface area contributed by atoms with Crippen LogP contribution in [0.4, 0.5) is 0 Å². The number of hydrogen-bond acceptors (Lipinski definition) is 6. The van der Waals surface area contributed by atoms with Crippen LogP contribution < -0.4 is 0 Å². The number of rotatable bonds is 6. The van der Waals surface area contributed by atoms with Crippen LogP contribution in [0.15, 0.2) is 0 Å². The van der Waals surface area contributed by atoms with Gasteiger partial charge >= 0.3 is 11.9 Å². The first kappa shape index (κ1) is 18.3. The van der Waals surface area contributed by atoms with Gasteiger partial charge in [-0.25, -0.2) is 0 Å². The molecule has 0 heterocycles. The SMILES string of the molecule is CCOC(=O)CC1(CC(=O)OCC)C(=O)CC(C)(C)CC1=O. The Labute approximate surface area is 130 Å². The Kier molecular flexibility index (Phi) is 5.85. The van der Waals surface area contributed by atoms with Gasteiger partial charge in [0.25, 0.3) is 0 Å². The molecule has 0 aromatic heterocycles. The Balaban J connectivity index is 3.10. The quantitative estimate of drug-likeness (QED) is 0.549. The summed E-state index contributed by atoms with van der Waals surface area (Å²) in [7, 11) is 0. The third-order valence-electron chi connectivity index (χ3n) is 3.85. The number of hydrogen-bond donors (Lipinski definition) is 0. The molecule has 6 heteroatoms. The number of ketones is 2. The molecule has 0 saturated heterocycles. The van der Waals surface area contributed by atoms with Crippen LogP contribution in [0.2, 0.25) is 0 Å². The molecule has 1 rings (SSSR count). The zero-order valence-electron chi connectivity index (χ0n) is 13.7. The van der Waals surface area contributed by atoms with Gasteiger partial charge < -0.3 is 9.47 Å². The van der Waals surface area contributed by atoms with Crippen molar-refractivity contribution in [3.8, 4) is 0 Å². The maximum absolute atomic E-state index is 12.6. The minimum Gasteiger partial charge on any atom is -0.466 e. The van der Waals surface area contributed by atoms with E-state index in [1.165, 1.54) is 0 Å². The van der Waals surface area contributed by atoms with Crippen LogP contribution in [0.1, 0.15) is 53.4 Å². The first-order valence-corrected chi connectivity index (χ1v) is 7.54. The maximum Gasteiger partial charge on any atom is 0.307 e. The molecule has 0 bridgehead atoms. The molecular weight excluding hydrogens is 288 g/mol. The van der Waals surface area contributed by atoms with Gasteiger partial charge in [-0.15, -0.1) is 0 Å². The summed E-state index contributed by atoms with van der Waals surface area (Å²) >= 11 is 0. The number of carbonyl (C=O) groups is 4. The van der Waals surface area contributed by atoms with E-state index in [4.69, 9.17) is 9.47 Å². The largest absolute Gasteiger partial charge is 0.466 e. The molecule has 6 nitrogen and oxygen atoms in total. The van der Waals surface area contributed by atoms with Gasteiger partial charge in [0.05, 0.1) is 26.1 Å². The van der Waals surface area contributed by atoms with Crippen molar-refractivity contribution in [2.45, 2.75) is 53.4 Å². The van der Waals surface area contributed by atoms with E-state index in [1.807, 2.05) is 13.8 Å². The predicted molar refractivity (Wildman–Crippen MR) is 78.0 cm³/mol. The van der Waals surface area contributed by atoms with Crippen molar-refractivity contribution in [3.63, 3.8) is 0 Å². The van der Waals surface area contributed by atoms with E-state index in [2.05, 4.69) is 0 Å². The van der Waals surface area contributed by atoms with Crippen molar-refractivity contribution >= 4 is 23.5 Å². The highest BCUT2D eigenvalue weighted by Gasteiger charge is 2.54. The Morgan fingerprint density at radius 2 is 1.27 bits per heavy atom. The van der Waals surface area contributed by atoms with E-state index in [1.54, 1.807) is 13.8 Å². The van der Waals surface area contributed by atoms with Crippen LogP contribution >= 0.6 is 0 Å². The van der Waals surface area contributed by atoms with Crippen molar-refractivity contribution in [1.82, 2.24) is 0 Å². The molecule has 0 spiro atoms. The molecule has 0 unspecified atom stereocenters. The lowest BCUT2D eigenvalue weighted by Crippen LogP contribution is -2.50. The summed E-state index contributed by atoms with van der Waals surface area (Å²) in [6, 6.07) is 0. The molecule has 22 heavy (non-hydrogen) atoms. The van der Waals surface area contributed by atoms with Gasteiger partial charge in [0.2, 0.25) is 0 Å². The maximum atomic E-state index is 12.6. The number of carbonyl (C=O) groups excluding carboxylic acids is 4. The topological polar surface area (TPSA) is 86.7 Å². The van der Waals surface area contributed by atoms with E-state index in [0.29, 0.717) is 0 Å². The zero-order chi connectivity index (χ0) is 17.0.